The number of hydrogen-bond acceptors (Lipinski definition) is 3. The van der Waals surface area contributed by atoms with Crippen LogP contribution in [0.4, 0.5) is 0 Å². The number of likely N-dealkylation sites (tertiary alicyclic amines) is 1. The lowest BCUT2D eigenvalue weighted by atomic mass is 9.96. The quantitative estimate of drug-likeness (QED) is 0.871. The number of aryl methyl sites for hydroxylation is 2. The lowest BCUT2D eigenvalue weighted by Gasteiger charge is -2.32. The van der Waals surface area contributed by atoms with Crippen LogP contribution in [0.2, 0.25) is 0 Å². The number of nitrogens with zero attached hydrogens (tertiary/aromatic N) is 3. The maximum absolute atomic E-state index is 12.6. The van der Waals surface area contributed by atoms with Crippen LogP contribution in [0.25, 0.3) is 0 Å². The maximum atomic E-state index is 12.6. The molecular formula is C19H23N3O2. The van der Waals surface area contributed by atoms with Crippen molar-refractivity contribution in [1.82, 2.24) is 14.7 Å². The number of carbonyl (C=O) groups is 1. The van der Waals surface area contributed by atoms with Crippen molar-refractivity contribution in [2.24, 2.45) is 5.92 Å². The second-order valence-electron chi connectivity index (χ2n) is 6.55. The average Bonchev–Trinajstić information content (AvgIpc) is 2.59. The average molecular weight is 325 g/mol. The molecule has 0 atom stereocenters. The van der Waals surface area contributed by atoms with Crippen LogP contribution in [0.15, 0.2) is 41.2 Å². The van der Waals surface area contributed by atoms with E-state index in [1.165, 1.54) is 0 Å². The SMILES string of the molecule is Cc1ccc(=O)n(CC2CCN(C(=O)c3ccccc3C)CC2)n1. The molecule has 3 rings (SSSR count). The largest absolute Gasteiger partial charge is 0.339 e. The Kier molecular flexibility index (Phi) is 4.79. The summed E-state index contributed by atoms with van der Waals surface area (Å²) < 4.78 is 1.55. The molecule has 0 aliphatic carbocycles. The molecule has 0 spiro atoms. The second kappa shape index (κ2) is 6.99. The molecular weight excluding hydrogens is 302 g/mol. The molecule has 5 nitrogen and oxygen atoms in total. The third-order valence-electron chi connectivity index (χ3n) is 4.71. The van der Waals surface area contributed by atoms with Gasteiger partial charge in [-0.1, -0.05) is 18.2 Å². The molecule has 0 N–H and O–H groups in total. The fraction of sp³-hybridized carbons (Fsp3) is 0.421. The summed E-state index contributed by atoms with van der Waals surface area (Å²) in [6, 6.07) is 11.0. The van der Waals surface area contributed by atoms with E-state index in [0.29, 0.717) is 12.5 Å². The Balaban J connectivity index is 1.62. The first kappa shape index (κ1) is 16.4. The summed E-state index contributed by atoms with van der Waals surface area (Å²) >= 11 is 0. The number of piperidine rings is 1. The van der Waals surface area contributed by atoms with Crippen LogP contribution in [-0.4, -0.2) is 33.7 Å². The summed E-state index contributed by atoms with van der Waals surface area (Å²) in [5.41, 5.74) is 2.59. The van der Waals surface area contributed by atoms with Crippen LogP contribution in [0.1, 0.15) is 34.5 Å². The third kappa shape index (κ3) is 3.55. The van der Waals surface area contributed by atoms with Crippen molar-refractivity contribution < 1.29 is 4.79 Å². The summed E-state index contributed by atoms with van der Waals surface area (Å²) in [5, 5.41) is 4.30. The van der Waals surface area contributed by atoms with Gasteiger partial charge >= 0.3 is 0 Å². The molecule has 0 unspecified atom stereocenters. The minimum Gasteiger partial charge on any atom is -0.339 e. The van der Waals surface area contributed by atoms with E-state index in [4.69, 9.17) is 0 Å². The zero-order valence-corrected chi connectivity index (χ0v) is 14.2. The zero-order valence-electron chi connectivity index (χ0n) is 14.2. The molecule has 2 aromatic rings. The smallest absolute Gasteiger partial charge is 0.266 e. The molecule has 126 valence electrons. The van der Waals surface area contributed by atoms with E-state index in [2.05, 4.69) is 5.10 Å². The van der Waals surface area contributed by atoms with E-state index in [9.17, 15) is 9.59 Å². The molecule has 0 saturated carbocycles. The topological polar surface area (TPSA) is 55.2 Å². The summed E-state index contributed by atoms with van der Waals surface area (Å²) in [4.78, 5) is 26.4. The third-order valence-corrected chi connectivity index (χ3v) is 4.71. The highest BCUT2D eigenvalue weighted by Gasteiger charge is 2.24. The van der Waals surface area contributed by atoms with Gasteiger partial charge in [-0.25, -0.2) is 4.68 Å². The van der Waals surface area contributed by atoms with Crippen LogP contribution in [-0.2, 0) is 6.54 Å². The van der Waals surface area contributed by atoms with Crippen molar-refractivity contribution in [2.45, 2.75) is 33.2 Å². The van der Waals surface area contributed by atoms with Crippen molar-refractivity contribution in [3.8, 4) is 0 Å². The summed E-state index contributed by atoms with van der Waals surface area (Å²) in [6.07, 6.45) is 1.80. The molecule has 1 amide bonds. The molecule has 1 aliphatic rings. The van der Waals surface area contributed by atoms with Crippen LogP contribution in [0.3, 0.4) is 0 Å². The van der Waals surface area contributed by atoms with Gasteiger partial charge in [0.05, 0.1) is 5.69 Å². The number of benzene rings is 1. The summed E-state index contributed by atoms with van der Waals surface area (Å²) in [7, 11) is 0. The minimum atomic E-state index is -0.0565. The van der Waals surface area contributed by atoms with Gasteiger partial charge in [0, 0.05) is 31.3 Å². The van der Waals surface area contributed by atoms with E-state index in [-0.39, 0.29) is 11.5 Å². The van der Waals surface area contributed by atoms with Crippen LogP contribution in [0, 0.1) is 19.8 Å². The van der Waals surface area contributed by atoms with E-state index < -0.39 is 0 Å². The zero-order chi connectivity index (χ0) is 17.1. The van der Waals surface area contributed by atoms with Gasteiger partial charge < -0.3 is 4.90 Å². The highest BCUT2D eigenvalue weighted by atomic mass is 16.2. The predicted octanol–water partition coefficient (Wildman–Crippen LogP) is 2.41. The van der Waals surface area contributed by atoms with Crippen molar-refractivity contribution in [3.63, 3.8) is 0 Å². The Morgan fingerprint density at radius 1 is 1.12 bits per heavy atom. The Labute approximate surface area is 141 Å². The lowest BCUT2D eigenvalue weighted by molar-refractivity contribution is 0.0679. The first-order chi connectivity index (χ1) is 11.5. The van der Waals surface area contributed by atoms with Gasteiger partial charge in [0.1, 0.15) is 0 Å². The molecule has 1 aromatic heterocycles. The Bertz CT molecular complexity index is 789. The molecule has 0 bridgehead atoms. The lowest BCUT2D eigenvalue weighted by Crippen LogP contribution is -2.40. The van der Waals surface area contributed by atoms with Gasteiger partial charge in [-0.05, 0) is 50.3 Å². The molecule has 0 radical (unpaired) electrons. The molecule has 1 aromatic carbocycles. The Morgan fingerprint density at radius 3 is 2.54 bits per heavy atom. The molecule has 1 fully saturated rings. The van der Waals surface area contributed by atoms with Gasteiger partial charge in [0.2, 0.25) is 0 Å². The molecule has 5 heteroatoms. The van der Waals surface area contributed by atoms with E-state index in [0.717, 1.165) is 42.8 Å². The van der Waals surface area contributed by atoms with Crippen molar-refractivity contribution >= 4 is 5.91 Å². The van der Waals surface area contributed by atoms with Crippen molar-refractivity contribution in [2.75, 3.05) is 13.1 Å². The first-order valence-electron chi connectivity index (χ1n) is 8.44. The van der Waals surface area contributed by atoms with E-state index >= 15 is 0 Å². The minimum absolute atomic E-state index is 0.0565. The fourth-order valence-electron chi connectivity index (χ4n) is 3.23. The van der Waals surface area contributed by atoms with Crippen LogP contribution in [0.5, 0.6) is 0 Å². The van der Waals surface area contributed by atoms with Crippen LogP contribution < -0.4 is 5.56 Å². The van der Waals surface area contributed by atoms with E-state index in [1.807, 2.05) is 43.0 Å². The van der Waals surface area contributed by atoms with Gasteiger partial charge in [-0.15, -0.1) is 0 Å². The highest BCUT2D eigenvalue weighted by molar-refractivity contribution is 5.95. The number of hydrogen-bond donors (Lipinski definition) is 0. The second-order valence-corrected chi connectivity index (χ2v) is 6.55. The fourth-order valence-corrected chi connectivity index (χ4v) is 3.23. The molecule has 24 heavy (non-hydrogen) atoms. The number of rotatable bonds is 3. The van der Waals surface area contributed by atoms with Gasteiger partial charge in [0.25, 0.3) is 11.5 Å². The maximum Gasteiger partial charge on any atom is 0.266 e. The standard InChI is InChI=1S/C19H23N3O2/c1-14-5-3-4-6-17(14)19(24)21-11-9-16(10-12-21)13-22-18(23)8-7-15(2)20-22/h3-8,16H,9-13H2,1-2H3. The van der Waals surface area contributed by atoms with Crippen molar-refractivity contribution in [1.29, 1.82) is 0 Å². The van der Waals surface area contributed by atoms with Gasteiger partial charge in [-0.2, -0.15) is 5.10 Å². The highest BCUT2D eigenvalue weighted by Crippen LogP contribution is 2.21. The van der Waals surface area contributed by atoms with E-state index in [1.54, 1.807) is 16.8 Å². The van der Waals surface area contributed by atoms with Gasteiger partial charge in [0.15, 0.2) is 0 Å². The Hall–Kier alpha value is -2.43. The normalized spacial score (nSPS) is 15.5. The van der Waals surface area contributed by atoms with Crippen LogP contribution >= 0.6 is 0 Å². The first-order valence-corrected chi connectivity index (χ1v) is 8.44. The number of aromatic nitrogens is 2. The molecule has 1 aliphatic heterocycles. The predicted molar refractivity (Wildman–Crippen MR) is 93.0 cm³/mol. The number of carbonyl (C=O) groups excluding carboxylic acids is 1. The Morgan fingerprint density at radius 2 is 1.83 bits per heavy atom. The molecule has 1 saturated heterocycles. The van der Waals surface area contributed by atoms with Crippen molar-refractivity contribution in [3.05, 3.63) is 63.6 Å². The van der Waals surface area contributed by atoms with Gasteiger partial charge in [-0.3, -0.25) is 9.59 Å². The number of amides is 1. The monoisotopic (exact) mass is 325 g/mol. The summed E-state index contributed by atoms with van der Waals surface area (Å²) in [5.74, 6) is 0.496. The molecule has 2 heterocycles. The summed E-state index contributed by atoms with van der Waals surface area (Å²) in [6.45, 7) is 5.96.